The lowest BCUT2D eigenvalue weighted by Crippen LogP contribution is -2.24. The zero-order valence-corrected chi connectivity index (χ0v) is 10.5. The number of hydrogen-bond donors (Lipinski definition) is 0. The quantitative estimate of drug-likeness (QED) is 0.736. The summed E-state index contributed by atoms with van der Waals surface area (Å²) >= 11 is 0. The molecule has 0 aliphatic heterocycles. The van der Waals surface area contributed by atoms with E-state index in [0.717, 1.165) is 12.2 Å². The summed E-state index contributed by atoms with van der Waals surface area (Å²) in [7, 11) is 0. The predicted molar refractivity (Wildman–Crippen MR) is 62.1 cm³/mol. The second-order valence-electron chi connectivity index (χ2n) is 4.73. The van der Waals surface area contributed by atoms with Crippen molar-refractivity contribution < 1.29 is 9.53 Å². The summed E-state index contributed by atoms with van der Waals surface area (Å²) in [6.45, 7) is 8.31. The van der Waals surface area contributed by atoms with Crippen molar-refractivity contribution in [2.45, 2.75) is 52.7 Å². The van der Waals surface area contributed by atoms with E-state index in [-0.39, 0.29) is 5.97 Å². The second-order valence-corrected chi connectivity index (χ2v) is 4.73. The van der Waals surface area contributed by atoms with Crippen molar-refractivity contribution in [2.75, 3.05) is 0 Å². The van der Waals surface area contributed by atoms with Gasteiger partial charge in [-0.3, -0.25) is 4.79 Å². The molecule has 0 spiro atoms. The van der Waals surface area contributed by atoms with Crippen molar-refractivity contribution in [3.8, 4) is 0 Å². The Balaban J connectivity index is 2.43. The van der Waals surface area contributed by atoms with Gasteiger partial charge in [-0.05, 0) is 20.8 Å². The minimum Gasteiger partial charge on any atom is -0.460 e. The number of carbonyl (C=O) groups excluding carboxylic acids is 1. The molecule has 4 heteroatoms. The molecule has 1 heterocycles. The van der Waals surface area contributed by atoms with Crippen LogP contribution in [0.15, 0.2) is 12.4 Å². The highest BCUT2D eigenvalue weighted by Gasteiger charge is 2.16. The summed E-state index contributed by atoms with van der Waals surface area (Å²) in [5.74, 6) is 0.840. The minimum atomic E-state index is -0.403. The van der Waals surface area contributed by atoms with Gasteiger partial charge in [0.25, 0.3) is 0 Å². The van der Waals surface area contributed by atoms with Crippen LogP contribution in [0.3, 0.4) is 0 Å². The van der Waals surface area contributed by atoms with Gasteiger partial charge in [0.05, 0.1) is 6.42 Å². The summed E-state index contributed by atoms with van der Waals surface area (Å²) in [6.07, 6.45) is 4.92. The zero-order valence-electron chi connectivity index (χ0n) is 10.5. The van der Waals surface area contributed by atoms with Crippen LogP contribution in [0.1, 0.15) is 39.9 Å². The van der Waals surface area contributed by atoms with Gasteiger partial charge in [-0.1, -0.05) is 6.92 Å². The van der Waals surface area contributed by atoms with Crippen LogP contribution >= 0.6 is 0 Å². The summed E-state index contributed by atoms with van der Waals surface area (Å²) < 4.78 is 7.23. The Kier molecular flexibility index (Phi) is 4.10. The van der Waals surface area contributed by atoms with Crippen molar-refractivity contribution >= 4 is 5.97 Å². The molecule has 0 fully saturated rings. The van der Waals surface area contributed by atoms with Crippen LogP contribution in [-0.2, 0) is 22.5 Å². The molecule has 0 bridgehead atoms. The standard InChI is InChI=1S/C12H20N2O2/c1-5-10-13-7-9-14(10)8-6-11(15)16-12(2,3)4/h7,9H,5-6,8H2,1-4H3. The number of hydrogen-bond acceptors (Lipinski definition) is 3. The highest BCUT2D eigenvalue weighted by Crippen LogP contribution is 2.09. The van der Waals surface area contributed by atoms with E-state index >= 15 is 0 Å². The number of nitrogens with zero attached hydrogens (tertiary/aromatic N) is 2. The van der Waals surface area contributed by atoms with Gasteiger partial charge in [-0.15, -0.1) is 0 Å². The number of esters is 1. The summed E-state index contributed by atoms with van der Waals surface area (Å²) in [6, 6.07) is 0. The summed E-state index contributed by atoms with van der Waals surface area (Å²) in [5, 5.41) is 0. The molecule has 0 saturated heterocycles. The number of ether oxygens (including phenoxy) is 1. The minimum absolute atomic E-state index is 0.164. The number of carbonyl (C=O) groups is 1. The fourth-order valence-electron chi connectivity index (χ4n) is 1.46. The lowest BCUT2D eigenvalue weighted by molar-refractivity contribution is -0.155. The maximum absolute atomic E-state index is 11.5. The molecular weight excluding hydrogens is 204 g/mol. The second kappa shape index (κ2) is 5.14. The van der Waals surface area contributed by atoms with Crippen LogP contribution in [0.2, 0.25) is 0 Å². The molecule has 1 aromatic heterocycles. The third-order valence-electron chi connectivity index (χ3n) is 2.09. The molecule has 90 valence electrons. The van der Waals surface area contributed by atoms with Crippen molar-refractivity contribution in [2.24, 2.45) is 0 Å². The lowest BCUT2D eigenvalue weighted by atomic mass is 10.2. The maximum atomic E-state index is 11.5. The fraction of sp³-hybridized carbons (Fsp3) is 0.667. The van der Waals surface area contributed by atoms with Crippen molar-refractivity contribution in [1.82, 2.24) is 9.55 Å². The Labute approximate surface area is 96.6 Å². The molecule has 0 aromatic carbocycles. The molecule has 0 N–H and O–H groups in total. The van der Waals surface area contributed by atoms with Crippen LogP contribution in [0.25, 0.3) is 0 Å². The first-order valence-electron chi connectivity index (χ1n) is 5.64. The van der Waals surface area contributed by atoms with Crippen molar-refractivity contribution in [1.29, 1.82) is 0 Å². The SMILES string of the molecule is CCc1nccn1CCC(=O)OC(C)(C)C. The van der Waals surface area contributed by atoms with Crippen LogP contribution in [0, 0.1) is 0 Å². The van der Waals surface area contributed by atoms with Gasteiger partial charge in [-0.25, -0.2) is 4.98 Å². The van der Waals surface area contributed by atoms with E-state index in [1.165, 1.54) is 0 Å². The molecule has 0 radical (unpaired) electrons. The topological polar surface area (TPSA) is 44.1 Å². The lowest BCUT2D eigenvalue weighted by Gasteiger charge is -2.19. The predicted octanol–water partition coefficient (Wildman–Crippen LogP) is 2.18. The van der Waals surface area contributed by atoms with Gasteiger partial charge in [0, 0.05) is 25.4 Å². The van der Waals surface area contributed by atoms with E-state index in [1.807, 2.05) is 38.5 Å². The first kappa shape index (κ1) is 12.7. The Morgan fingerprint density at radius 1 is 1.50 bits per heavy atom. The maximum Gasteiger partial charge on any atom is 0.308 e. The first-order chi connectivity index (χ1) is 7.42. The Morgan fingerprint density at radius 3 is 2.75 bits per heavy atom. The molecule has 0 aliphatic rings. The fourth-order valence-corrected chi connectivity index (χ4v) is 1.46. The van der Waals surface area contributed by atoms with E-state index < -0.39 is 5.60 Å². The molecule has 0 unspecified atom stereocenters. The highest BCUT2D eigenvalue weighted by atomic mass is 16.6. The van der Waals surface area contributed by atoms with E-state index in [4.69, 9.17) is 4.74 Å². The third kappa shape index (κ3) is 4.04. The number of aryl methyl sites for hydroxylation is 2. The third-order valence-corrected chi connectivity index (χ3v) is 2.09. The molecule has 0 amide bonds. The first-order valence-corrected chi connectivity index (χ1v) is 5.64. The van der Waals surface area contributed by atoms with Gasteiger partial charge >= 0.3 is 5.97 Å². The molecule has 0 aliphatic carbocycles. The van der Waals surface area contributed by atoms with E-state index in [1.54, 1.807) is 6.20 Å². The molecule has 0 atom stereocenters. The van der Waals surface area contributed by atoms with Crippen LogP contribution in [0.5, 0.6) is 0 Å². The van der Waals surface area contributed by atoms with Crippen LogP contribution in [0.4, 0.5) is 0 Å². The van der Waals surface area contributed by atoms with E-state index in [0.29, 0.717) is 13.0 Å². The monoisotopic (exact) mass is 224 g/mol. The van der Waals surface area contributed by atoms with Gasteiger partial charge in [0.1, 0.15) is 11.4 Å². The normalized spacial score (nSPS) is 11.5. The highest BCUT2D eigenvalue weighted by molar-refractivity contribution is 5.69. The molecule has 16 heavy (non-hydrogen) atoms. The number of rotatable bonds is 4. The molecule has 1 aromatic rings. The van der Waals surface area contributed by atoms with Gasteiger partial charge < -0.3 is 9.30 Å². The van der Waals surface area contributed by atoms with Gasteiger partial charge in [-0.2, -0.15) is 0 Å². The molecule has 0 saturated carbocycles. The van der Waals surface area contributed by atoms with Gasteiger partial charge in [0.15, 0.2) is 0 Å². The van der Waals surface area contributed by atoms with E-state index in [9.17, 15) is 4.79 Å². The summed E-state index contributed by atoms with van der Waals surface area (Å²) in [4.78, 5) is 15.7. The van der Waals surface area contributed by atoms with Crippen molar-refractivity contribution in [3.05, 3.63) is 18.2 Å². The Morgan fingerprint density at radius 2 is 2.19 bits per heavy atom. The molecule has 4 nitrogen and oxygen atoms in total. The van der Waals surface area contributed by atoms with Crippen molar-refractivity contribution in [3.63, 3.8) is 0 Å². The average Bonchev–Trinajstić information content (AvgIpc) is 2.59. The number of aromatic nitrogens is 2. The Bertz CT molecular complexity index is 350. The smallest absolute Gasteiger partial charge is 0.308 e. The largest absolute Gasteiger partial charge is 0.460 e. The number of imidazole rings is 1. The molecule has 1 rings (SSSR count). The van der Waals surface area contributed by atoms with Crippen LogP contribution < -0.4 is 0 Å². The summed E-state index contributed by atoms with van der Waals surface area (Å²) in [5.41, 5.74) is -0.403. The zero-order chi connectivity index (χ0) is 12.2. The van der Waals surface area contributed by atoms with E-state index in [2.05, 4.69) is 4.98 Å². The average molecular weight is 224 g/mol. The Hall–Kier alpha value is -1.32. The molecular formula is C12H20N2O2. The van der Waals surface area contributed by atoms with Gasteiger partial charge in [0.2, 0.25) is 0 Å². The van der Waals surface area contributed by atoms with Crippen LogP contribution in [-0.4, -0.2) is 21.1 Å².